The SMILES string of the molecule is CCOc1ccccc1CCC(=O)NCc1cccc(C(=O)N(C)C)c1. The van der Waals surface area contributed by atoms with Crippen molar-refractivity contribution in [1.29, 1.82) is 0 Å². The van der Waals surface area contributed by atoms with Gasteiger partial charge < -0.3 is 15.0 Å². The van der Waals surface area contributed by atoms with Crippen LogP contribution in [0.4, 0.5) is 0 Å². The van der Waals surface area contributed by atoms with Gasteiger partial charge in [-0.05, 0) is 42.7 Å². The number of rotatable bonds is 8. The third-order valence-electron chi connectivity index (χ3n) is 3.96. The van der Waals surface area contributed by atoms with E-state index in [2.05, 4.69) is 5.32 Å². The van der Waals surface area contributed by atoms with Crippen molar-refractivity contribution in [3.05, 3.63) is 65.2 Å². The third kappa shape index (κ3) is 5.62. The minimum absolute atomic E-state index is 0.0272. The van der Waals surface area contributed by atoms with Crippen molar-refractivity contribution in [3.8, 4) is 5.75 Å². The summed E-state index contributed by atoms with van der Waals surface area (Å²) in [6.45, 7) is 2.95. The predicted molar refractivity (Wildman–Crippen MR) is 102 cm³/mol. The van der Waals surface area contributed by atoms with Crippen molar-refractivity contribution in [3.63, 3.8) is 0 Å². The van der Waals surface area contributed by atoms with Crippen LogP contribution in [-0.4, -0.2) is 37.4 Å². The smallest absolute Gasteiger partial charge is 0.253 e. The van der Waals surface area contributed by atoms with Gasteiger partial charge in [-0.1, -0.05) is 30.3 Å². The Morgan fingerprint density at radius 2 is 1.85 bits per heavy atom. The molecule has 2 aromatic carbocycles. The number of hydrogen-bond donors (Lipinski definition) is 1. The second-order valence-electron chi connectivity index (χ2n) is 6.22. The van der Waals surface area contributed by atoms with Crippen LogP contribution in [-0.2, 0) is 17.8 Å². The average molecular weight is 354 g/mol. The normalized spacial score (nSPS) is 10.3. The summed E-state index contributed by atoms with van der Waals surface area (Å²) in [6.07, 6.45) is 1.02. The molecule has 0 heterocycles. The summed E-state index contributed by atoms with van der Waals surface area (Å²) in [4.78, 5) is 25.7. The summed E-state index contributed by atoms with van der Waals surface area (Å²) in [5.74, 6) is 0.754. The van der Waals surface area contributed by atoms with Crippen LogP contribution in [0.3, 0.4) is 0 Å². The Balaban J connectivity index is 1.88. The Morgan fingerprint density at radius 1 is 1.08 bits per heavy atom. The summed E-state index contributed by atoms with van der Waals surface area (Å²) in [5.41, 5.74) is 2.55. The van der Waals surface area contributed by atoms with Gasteiger partial charge in [0.05, 0.1) is 6.61 Å². The van der Waals surface area contributed by atoms with Gasteiger partial charge in [0.1, 0.15) is 5.75 Å². The van der Waals surface area contributed by atoms with E-state index in [1.54, 1.807) is 20.2 Å². The van der Waals surface area contributed by atoms with Crippen LogP contribution in [0.1, 0.15) is 34.8 Å². The maximum atomic E-state index is 12.2. The zero-order chi connectivity index (χ0) is 18.9. The zero-order valence-electron chi connectivity index (χ0n) is 15.6. The average Bonchev–Trinajstić information content (AvgIpc) is 2.65. The molecule has 0 saturated heterocycles. The summed E-state index contributed by atoms with van der Waals surface area (Å²) >= 11 is 0. The number of carbonyl (C=O) groups excluding carboxylic acids is 2. The lowest BCUT2D eigenvalue weighted by molar-refractivity contribution is -0.121. The van der Waals surface area contributed by atoms with E-state index in [1.165, 1.54) is 4.90 Å². The lowest BCUT2D eigenvalue weighted by atomic mass is 10.1. The molecule has 2 rings (SSSR count). The first-order chi connectivity index (χ1) is 12.5. The molecule has 0 atom stereocenters. The first kappa shape index (κ1) is 19.5. The summed E-state index contributed by atoms with van der Waals surface area (Å²) in [5, 5.41) is 2.91. The van der Waals surface area contributed by atoms with E-state index in [9.17, 15) is 9.59 Å². The Labute approximate surface area is 155 Å². The highest BCUT2D eigenvalue weighted by Crippen LogP contribution is 2.19. The zero-order valence-corrected chi connectivity index (χ0v) is 15.6. The number of nitrogens with one attached hydrogen (secondary N) is 1. The Kier molecular flexibility index (Phi) is 7.21. The van der Waals surface area contributed by atoms with E-state index in [0.29, 0.717) is 31.6 Å². The van der Waals surface area contributed by atoms with Crippen LogP contribution in [0.2, 0.25) is 0 Å². The molecule has 26 heavy (non-hydrogen) atoms. The second kappa shape index (κ2) is 9.61. The Morgan fingerprint density at radius 3 is 2.58 bits per heavy atom. The molecular weight excluding hydrogens is 328 g/mol. The van der Waals surface area contributed by atoms with Crippen molar-refractivity contribution < 1.29 is 14.3 Å². The van der Waals surface area contributed by atoms with Gasteiger partial charge in [-0.15, -0.1) is 0 Å². The number of amides is 2. The van der Waals surface area contributed by atoms with Crippen molar-refractivity contribution in [1.82, 2.24) is 10.2 Å². The van der Waals surface area contributed by atoms with Crippen LogP contribution < -0.4 is 10.1 Å². The molecule has 0 spiro atoms. The molecule has 2 aromatic rings. The van der Waals surface area contributed by atoms with Gasteiger partial charge >= 0.3 is 0 Å². The summed E-state index contributed by atoms with van der Waals surface area (Å²) in [7, 11) is 3.44. The lowest BCUT2D eigenvalue weighted by Gasteiger charge is -2.12. The van der Waals surface area contributed by atoms with Gasteiger partial charge in [0, 0.05) is 32.6 Å². The van der Waals surface area contributed by atoms with Crippen LogP contribution in [0.15, 0.2) is 48.5 Å². The highest BCUT2D eigenvalue weighted by atomic mass is 16.5. The third-order valence-corrected chi connectivity index (χ3v) is 3.96. The Hall–Kier alpha value is -2.82. The fourth-order valence-electron chi connectivity index (χ4n) is 2.62. The quantitative estimate of drug-likeness (QED) is 0.793. The number of aryl methyl sites for hydroxylation is 1. The van der Waals surface area contributed by atoms with Crippen LogP contribution in [0.25, 0.3) is 0 Å². The van der Waals surface area contributed by atoms with Crippen molar-refractivity contribution in [2.24, 2.45) is 0 Å². The maximum Gasteiger partial charge on any atom is 0.253 e. The number of ether oxygens (including phenoxy) is 1. The van der Waals surface area contributed by atoms with Crippen molar-refractivity contribution in [2.45, 2.75) is 26.3 Å². The molecule has 0 aliphatic heterocycles. The lowest BCUT2D eigenvalue weighted by Crippen LogP contribution is -2.24. The van der Waals surface area contributed by atoms with Gasteiger partial charge in [0.15, 0.2) is 0 Å². The van der Waals surface area contributed by atoms with Gasteiger partial charge in [0.2, 0.25) is 5.91 Å². The topological polar surface area (TPSA) is 58.6 Å². The van der Waals surface area contributed by atoms with E-state index >= 15 is 0 Å². The van der Waals surface area contributed by atoms with E-state index in [4.69, 9.17) is 4.74 Å². The molecule has 0 saturated carbocycles. The molecular formula is C21H26N2O3. The first-order valence-electron chi connectivity index (χ1n) is 8.79. The molecule has 0 radical (unpaired) electrons. The molecule has 0 aliphatic carbocycles. The molecule has 0 bridgehead atoms. The number of para-hydroxylation sites is 1. The summed E-state index contributed by atoms with van der Waals surface area (Å²) in [6, 6.07) is 15.1. The fourth-order valence-corrected chi connectivity index (χ4v) is 2.62. The predicted octanol–water partition coefficient (Wildman–Crippen LogP) is 3.04. The molecule has 138 valence electrons. The van der Waals surface area contributed by atoms with E-state index in [1.807, 2.05) is 49.4 Å². The minimum atomic E-state index is -0.0503. The maximum absolute atomic E-state index is 12.2. The van der Waals surface area contributed by atoms with Gasteiger partial charge in [0.25, 0.3) is 5.91 Å². The molecule has 0 aromatic heterocycles. The van der Waals surface area contributed by atoms with Gasteiger partial charge in [-0.2, -0.15) is 0 Å². The number of nitrogens with zero attached hydrogens (tertiary/aromatic N) is 1. The van der Waals surface area contributed by atoms with Gasteiger partial charge in [-0.3, -0.25) is 9.59 Å². The minimum Gasteiger partial charge on any atom is -0.494 e. The van der Waals surface area contributed by atoms with E-state index < -0.39 is 0 Å². The van der Waals surface area contributed by atoms with Crippen LogP contribution in [0, 0.1) is 0 Å². The Bertz CT molecular complexity index is 756. The van der Waals surface area contributed by atoms with Crippen molar-refractivity contribution in [2.75, 3.05) is 20.7 Å². The van der Waals surface area contributed by atoms with E-state index in [-0.39, 0.29) is 11.8 Å². The van der Waals surface area contributed by atoms with Crippen molar-refractivity contribution >= 4 is 11.8 Å². The monoisotopic (exact) mass is 354 g/mol. The highest BCUT2D eigenvalue weighted by molar-refractivity contribution is 5.94. The van der Waals surface area contributed by atoms with Gasteiger partial charge in [-0.25, -0.2) is 0 Å². The van der Waals surface area contributed by atoms with E-state index in [0.717, 1.165) is 16.9 Å². The fraction of sp³-hybridized carbons (Fsp3) is 0.333. The second-order valence-corrected chi connectivity index (χ2v) is 6.22. The molecule has 0 aliphatic rings. The van der Waals surface area contributed by atoms with Crippen LogP contribution >= 0.6 is 0 Å². The first-order valence-corrected chi connectivity index (χ1v) is 8.79. The molecule has 2 amide bonds. The standard InChI is InChI=1S/C21H26N2O3/c1-4-26-19-11-6-5-9-17(19)12-13-20(24)22-15-16-8-7-10-18(14-16)21(25)23(2)3/h5-11,14H,4,12-13,15H2,1-3H3,(H,22,24). The largest absolute Gasteiger partial charge is 0.494 e. The number of benzene rings is 2. The number of hydrogen-bond acceptors (Lipinski definition) is 3. The molecule has 1 N–H and O–H groups in total. The molecule has 0 unspecified atom stereocenters. The molecule has 0 fully saturated rings. The summed E-state index contributed by atoms with van der Waals surface area (Å²) < 4.78 is 5.59. The number of carbonyl (C=O) groups is 2. The molecule has 5 nitrogen and oxygen atoms in total. The molecule has 5 heteroatoms. The highest BCUT2D eigenvalue weighted by Gasteiger charge is 2.09. The van der Waals surface area contributed by atoms with Crippen LogP contribution in [0.5, 0.6) is 5.75 Å².